The zero-order chi connectivity index (χ0) is 26.1. The summed E-state index contributed by atoms with van der Waals surface area (Å²) in [4.78, 5) is 33.2. The summed E-state index contributed by atoms with van der Waals surface area (Å²) in [5.41, 5.74) is 1.80. The fraction of sp³-hybridized carbons (Fsp3) is 0.148. The van der Waals surface area contributed by atoms with E-state index in [9.17, 15) is 14.7 Å². The van der Waals surface area contributed by atoms with E-state index in [1.54, 1.807) is 29.7 Å². The van der Waals surface area contributed by atoms with Gasteiger partial charge in [0.2, 0.25) is 0 Å². The van der Waals surface area contributed by atoms with Gasteiger partial charge in [0, 0.05) is 10.4 Å². The molecule has 0 fully saturated rings. The topological polar surface area (TPSA) is 90.1 Å². The summed E-state index contributed by atoms with van der Waals surface area (Å²) in [5, 5.41) is 12.1. The summed E-state index contributed by atoms with van der Waals surface area (Å²) in [5.74, 6) is -0.501. The number of rotatable bonds is 6. The van der Waals surface area contributed by atoms with Gasteiger partial charge in [-0.2, -0.15) is 0 Å². The highest BCUT2D eigenvalue weighted by atomic mass is 35.5. The molecule has 4 aromatic rings. The lowest BCUT2D eigenvalue weighted by atomic mass is 9.97. The van der Waals surface area contributed by atoms with Crippen LogP contribution in [0.15, 0.2) is 75.3 Å². The maximum atomic E-state index is 13.8. The van der Waals surface area contributed by atoms with Crippen molar-refractivity contribution >= 4 is 52.0 Å². The summed E-state index contributed by atoms with van der Waals surface area (Å²) >= 11 is 8.82. The van der Waals surface area contributed by atoms with E-state index < -0.39 is 12.0 Å². The first-order chi connectivity index (χ1) is 17.9. The third-order valence-corrected chi connectivity index (χ3v) is 7.95. The van der Waals surface area contributed by atoms with Crippen molar-refractivity contribution in [3.63, 3.8) is 0 Å². The van der Waals surface area contributed by atoms with Gasteiger partial charge in [0.15, 0.2) is 16.3 Å². The van der Waals surface area contributed by atoms with Crippen LogP contribution in [0.4, 0.5) is 0 Å². The minimum atomic E-state index is -0.703. The average Bonchev–Trinajstić information content (AvgIpc) is 3.54. The lowest BCUT2D eigenvalue weighted by Crippen LogP contribution is -2.39. The number of carbonyl (C=O) groups excluding carboxylic acids is 1. The normalized spacial score (nSPS) is 15.3. The third kappa shape index (κ3) is 4.61. The first kappa shape index (κ1) is 25.0. The monoisotopic (exact) mass is 552 g/mol. The molecule has 0 amide bonds. The van der Waals surface area contributed by atoms with Gasteiger partial charge in [-0.05, 0) is 42.1 Å². The Hall–Kier alpha value is -3.66. The Labute approximate surface area is 224 Å². The zero-order valence-electron chi connectivity index (χ0n) is 19.8. The Balaban J connectivity index is 1.80. The minimum absolute atomic E-state index is 0.103. The largest absolute Gasteiger partial charge is 0.503 e. The van der Waals surface area contributed by atoms with E-state index in [0.717, 1.165) is 10.4 Å². The number of aromatic nitrogens is 1. The van der Waals surface area contributed by atoms with Crippen LogP contribution in [0.25, 0.3) is 11.8 Å². The number of ether oxygens (including phenoxy) is 2. The minimum Gasteiger partial charge on any atom is -0.503 e. The van der Waals surface area contributed by atoms with Gasteiger partial charge in [-0.1, -0.05) is 59.3 Å². The zero-order valence-corrected chi connectivity index (χ0v) is 22.2. The molecule has 0 bridgehead atoms. The van der Waals surface area contributed by atoms with Crippen molar-refractivity contribution in [1.82, 2.24) is 4.57 Å². The fourth-order valence-electron chi connectivity index (χ4n) is 4.14. The second kappa shape index (κ2) is 10.4. The number of methoxy groups -OCH3 is 1. The summed E-state index contributed by atoms with van der Waals surface area (Å²) in [6.45, 7) is 1.93. The number of thiazole rings is 1. The molecule has 1 N–H and O–H groups in total. The number of hydrogen-bond acceptors (Lipinski definition) is 8. The van der Waals surface area contributed by atoms with Crippen LogP contribution in [0.2, 0.25) is 5.02 Å². The molecule has 0 radical (unpaired) electrons. The molecule has 5 rings (SSSR count). The molecule has 7 nitrogen and oxygen atoms in total. The van der Waals surface area contributed by atoms with Crippen LogP contribution in [0.1, 0.15) is 29.0 Å². The van der Waals surface area contributed by atoms with Crippen LogP contribution in [0.3, 0.4) is 0 Å². The molecule has 2 aromatic heterocycles. The van der Waals surface area contributed by atoms with E-state index >= 15 is 0 Å². The number of esters is 1. The van der Waals surface area contributed by atoms with E-state index in [-0.39, 0.29) is 28.7 Å². The fourth-order valence-corrected chi connectivity index (χ4v) is 6.18. The van der Waals surface area contributed by atoms with E-state index in [1.807, 2.05) is 47.8 Å². The smallest absolute Gasteiger partial charge is 0.338 e. The number of halogens is 1. The van der Waals surface area contributed by atoms with Crippen molar-refractivity contribution in [2.45, 2.75) is 13.0 Å². The molecule has 0 unspecified atom stereocenters. The van der Waals surface area contributed by atoms with Crippen LogP contribution >= 0.6 is 34.3 Å². The third-order valence-electron chi connectivity index (χ3n) is 5.75. The first-order valence-electron chi connectivity index (χ1n) is 11.3. The molecule has 37 heavy (non-hydrogen) atoms. The Morgan fingerprint density at radius 2 is 2.00 bits per heavy atom. The van der Waals surface area contributed by atoms with Crippen LogP contribution in [-0.2, 0) is 9.53 Å². The number of fused-ring (bicyclic) bond motifs is 1. The number of phenols is 1. The van der Waals surface area contributed by atoms with E-state index in [4.69, 9.17) is 26.1 Å². The first-order valence-corrected chi connectivity index (χ1v) is 13.4. The van der Waals surface area contributed by atoms with Gasteiger partial charge < -0.3 is 14.6 Å². The molecule has 10 heteroatoms. The number of phenolic OH excluding ortho intramolecular Hbond substituents is 1. The summed E-state index contributed by atoms with van der Waals surface area (Å²) < 4.78 is 12.6. The molecule has 0 saturated heterocycles. The van der Waals surface area contributed by atoms with Crippen molar-refractivity contribution < 1.29 is 19.4 Å². The Morgan fingerprint density at radius 1 is 1.22 bits per heavy atom. The molecule has 188 valence electrons. The molecular weight excluding hydrogens is 532 g/mol. The lowest BCUT2D eigenvalue weighted by molar-refractivity contribution is -0.138. The Bertz CT molecular complexity index is 1690. The van der Waals surface area contributed by atoms with E-state index in [0.29, 0.717) is 26.2 Å². The molecule has 0 aliphatic carbocycles. The van der Waals surface area contributed by atoms with Crippen molar-refractivity contribution in [3.8, 4) is 11.5 Å². The SMILES string of the molecule is CCOC(=O)C1=C(c2ccccc2)N=c2s/c(=C\c3cc(Cl)c(O)c(OC)c3)c(=O)n2[C@@H]1c1cccs1. The number of benzene rings is 2. The van der Waals surface area contributed by atoms with Crippen molar-refractivity contribution in [2.75, 3.05) is 13.7 Å². The average molecular weight is 553 g/mol. The van der Waals surface area contributed by atoms with Gasteiger partial charge in [-0.3, -0.25) is 9.36 Å². The van der Waals surface area contributed by atoms with Gasteiger partial charge in [0.25, 0.3) is 5.56 Å². The van der Waals surface area contributed by atoms with E-state index in [2.05, 4.69) is 0 Å². The Morgan fingerprint density at radius 3 is 2.68 bits per heavy atom. The van der Waals surface area contributed by atoms with E-state index in [1.165, 1.54) is 29.8 Å². The predicted octanol–water partition coefficient (Wildman–Crippen LogP) is 4.36. The predicted molar refractivity (Wildman–Crippen MR) is 145 cm³/mol. The van der Waals surface area contributed by atoms with Gasteiger partial charge in [0.1, 0.15) is 6.04 Å². The summed E-state index contributed by atoms with van der Waals surface area (Å²) in [6, 6.07) is 15.6. The summed E-state index contributed by atoms with van der Waals surface area (Å²) in [7, 11) is 1.42. The maximum Gasteiger partial charge on any atom is 0.338 e. The number of aromatic hydroxyl groups is 1. The molecule has 0 spiro atoms. The molecule has 2 aromatic carbocycles. The highest BCUT2D eigenvalue weighted by Gasteiger charge is 2.35. The second-order valence-electron chi connectivity index (χ2n) is 8.00. The molecule has 1 aliphatic heterocycles. The highest BCUT2D eigenvalue weighted by molar-refractivity contribution is 7.10. The van der Waals surface area contributed by atoms with Crippen LogP contribution in [0, 0.1) is 0 Å². The molecule has 0 saturated carbocycles. The number of nitrogens with zero attached hydrogens (tertiary/aromatic N) is 2. The van der Waals surface area contributed by atoms with Crippen molar-refractivity contribution in [2.24, 2.45) is 4.99 Å². The second-order valence-corrected chi connectivity index (χ2v) is 10.4. The van der Waals surface area contributed by atoms with Gasteiger partial charge in [-0.25, -0.2) is 9.79 Å². The van der Waals surface area contributed by atoms with Gasteiger partial charge in [0.05, 0.1) is 34.5 Å². The number of carbonyl (C=O) groups is 1. The van der Waals surface area contributed by atoms with Crippen molar-refractivity contribution in [1.29, 1.82) is 0 Å². The van der Waals surface area contributed by atoms with Gasteiger partial charge in [-0.15, -0.1) is 11.3 Å². The lowest BCUT2D eigenvalue weighted by Gasteiger charge is -2.24. The standard InChI is InChI=1S/C27H21ClN2O5S2/c1-3-35-26(33)21-22(16-8-5-4-6-9-16)29-27-30(23(21)19-10-7-11-36-19)25(32)20(37-27)14-15-12-17(28)24(31)18(13-15)34-2/h4-14,23,31H,3H2,1-2H3/b20-14-/t23-/m1/s1. The van der Waals surface area contributed by atoms with Gasteiger partial charge >= 0.3 is 5.97 Å². The van der Waals surface area contributed by atoms with Crippen LogP contribution < -0.4 is 19.6 Å². The molecule has 1 aliphatic rings. The molecule has 1 atom stereocenters. The molecule has 3 heterocycles. The number of thiophene rings is 1. The quantitative estimate of drug-likeness (QED) is 0.359. The highest BCUT2D eigenvalue weighted by Crippen LogP contribution is 2.37. The molecular formula is C27H21ClN2O5S2. The van der Waals surface area contributed by atoms with Crippen LogP contribution in [-0.4, -0.2) is 29.4 Å². The van der Waals surface area contributed by atoms with Crippen LogP contribution in [0.5, 0.6) is 11.5 Å². The van der Waals surface area contributed by atoms with Crippen molar-refractivity contribution in [3.05, 3.63) is 106 Å². The Kier molecular flexibility index (Phi) is 7.01. The number of hydrogen-bond donors (Lipinski definition) is 1. The summed E-state index contributed by atoms with van der Waals surface area (Å²) in [6.07, 6.45) is 1.67. The maximum absolute atomic E-state index is 13.8.